The van der Waals surface area contributed by atoms with Gasteiger partial charge in [-0.1, -0.05) is 18.2 Å². The molecule has 0 unspecified atom stereocenters. The standard InChI is InChI=1S/C20H19F2NO3/c21-16-7-6-15(18(22)11-16)12-23(17-8-9-17)19(24)10-3-13-1-4-14(5-2-13)20(25)26/h1-2,4-7,11,17H,3,8-10,12H2,(H,25,26). The van der Waals surface area contributed by atoms with Gasteiger partial charge in [0.05, 0.1) is 5.56 Å². The van der Waals surface area contributed by atoms with Gasteiger partial charge in [0.2, 0.25) is 5.91 Å². The van der Waals surface area contributed by atoms with E-state index in [1.165, 1.54) is 24.3 Å². The molecule has 0 radical (unpaired) electrons. The van der Waals surface area contributed by atoms with Crippen molar-refractivity contribution in [1.82, 2.24) is 4.90 Å². The highest BCUT2D eigenvalue weighted by molar-refractivity contribution is 5.87. The molecular formula is C20H19F2NO3. The average molecular weight is 359 g/mol. The number of aryl methyl sites for hydroxylation is 1. The molecule has 3 rings (SSSR count). The van der Waals surface area contributed by atoms with Gasteiger partial charge in [-0.15, -0.1) is 0 Å². The minimum Gasteiger partial charge on any atom is -0.478 e. The molecule has 0 spiro atoms. The number of aromatic carboxylic acids is 1. The Morgan fingerprint density at radius 1 is 1.08 bits per heavy atom. The van der Waals surface area contributed by atoms with Crippen molar-refractivity contribution in [3.05, 3.63) is 70.8 Å². The van der Waals surface area contributed by atoms with Crippen molar-refractivity contribution in [3.8, 4) is 0 Å². The lowest BCUT2D eigenvalue weighted by Gasteiger charge is -2.23. The van der Waals surface area contributed by atoms with E-state index in [2.05, 4.69) is 0 Å². The van der Waals surface area contributed by atoms with Crippen LogP contribution in [-0.4, -0.2) is 27.9 Å². The Morgan fingerprint density at radius 2 is 1.77 bits per heavy atom. The summed E-state index contributed by atoms with van der Waals surface area (Å²) < 4.78 is 26.9. The number of rotatable bonds is 7. The molecule has 1 saturated carbocycles. The zero-order valence-electron chi connectivity index (χ0n) is 14.1. The fraction of sp³-hybridized carbons (Fsp3) is 0.300. The van der Waals surface area contributed by atoms with Crippen molar-refractivity contribution >= 4 is 11.9 Å². The molecule has 1 aliphatic carbocycles. The Balaban J connectivity index is 1.63. The molecule has 0 saturated heterocycles. The van der Waals surface area contributed by atoms with E-state index < -0.39 is 17.6 Å². The molecule has 1 fully saturated rings. The summed E-state index contributed by atoms with van der Waals surface area (Å²) in [7, 11) is 0. The van der Waals surface area contributed by atoms with Gasteiger partial charge in [0.25, 0.3) is 0 Å². The second-order valence-electron chi connectivity index (χ2n) is 6.49. The fourth-order valence-corrected chi connectivity index (χ4v) is 2.85. The molecule has 0 bridgehead atoms. The van der Waals surface area contributed by atoms with Crippen LogP contribution < -0.4 is 0 Å². The van der Waals surface area contributed by atoms with Crippen LogP contribution in [0.5, 0.6) is 0 Å². The highest BCUT2D eigenvalue weighted by atomic mass is 19.1. The number of amides is 1. The van der Waals surface area contributed by atoms with E-state index >= 15 is 0 Å². The molecule has 1 amide bonds. The third kappa shape index (κ3) is 4.45. The maximum absolute atomic E-state index is 13.9. The van der Waals surface area contributed by atoms with E-state index in [1.807, 2.05) is 0 Å². The van der Waals surface area contributed by atoms with E-state index in [4.69, 9.17) is 5.11 Å². The summed E-state index contributed by atoms with van der Waals surface area (Å²) in [6, 6.07) is 9.91. The second-order valence-corrected chi connectivity index (χ2v) is 6.49. The molecule has 136 valence electrons. The van der Waals surface area contributed by atoms with Gasteiger partial charge in [-0.3, -0.25) is 4.79 Å². The molecular weight excluding hydrogens is 340 g/mol. The van der Waals surface area contributed by atoms with Crippen LogP contribution in [0.15, 0.2) is 42.5 Å². The van der Waals surface area contributed by atoms with Gasteiger partial charge in [-0.2, -0.15) is 0 Å². The highest BCUT2D eigenvalue weighted by Crippen LogP contribution is 2.29. The zero-order valence-corrected chi connectivity index (χ0v) is 14.1. The molecule has 2 aromatic rings. The number of carboxylic acid groups (broad SMARTS) is 1. The summed E-state index contributed by atoms with van der Waals surface area (Å²) in [5.74, 6) is -2.36. The first-order chi connectivity index (χ1) is 12.4. The number of carbonyl (C=O) groups is 2. The Hall–Kier alpha value is -2.76. The Kier molecular flexibility index (Phi) is 5.30. The van der Waals surface area contributed by atoms with Crippen LogP contribution in [0.1, 0.15) is 40.7 Å². The normalized spacial score (nSPS) is 13.5. The summed E-state index contributed by atoms with van der Waals surface area (Å²) in [5, 5.41) is 8.90. The van der Waals surface area contributed by atoms with E-state index in [9.17, 15) is 18.4 Å². The third-order valence-corrected chi connectivity index (χ3v) is 4.49. The summed E-state index contributed by atoms with van der Waals surface area (Å²) in [6.45, 7) is 0.133. The molecule has 4 nitrogen and oxygen atoms in total. The van der Waals surface area contributed by atoms with Gasteiger partial charge in [0, 0.05) is 30.6 Å². The lowest BCUT2D eigenvalue weighted by atomic mass is 10.1. The number of benzene rings is 2. The molecule has 0 aliphatic heterocycles. The van der Waals surface area contributed by atoms with Gasteiger partial charge in [-0.25, -0.2) is 13.6 Å². The number of hydrogen-bond acceptors (Lipinski definition) is 2. The fourth-order valence-electron chi connectivity index (χ4n) is 2.85. The zero-order chi connectivity index (χ0) is 18.7. The average Bonchev–Trinajstić information content (AvgIpc) is 3.44. The van der Waals surface area contributed by atoms with Crippen LogP contribution in [0.2, 0.25) is 0 Å². The minimum absolute atomic E-state index is 0.0847. The molecule has 6 heteroatoms. The van der Waals surface area contributed by atoms with E-state index in [1.54, 1.807) is 17.0 Å². The molecule has 26 heavy (non-hydrogen) atoms. The number of halogens is 2. The Bertz CT molecular complexity index is 816. The molecule has 1 N–H and O–H groups in total. The van der Waals surface area contributed by atoms with Crippen molar-refractivity contribution in [1.29, 1.82) is 0 Å². The number of nitrogens with zero attached hydrogens (tertiary/aromatic N) is 1. The van der Waals surface area contributed by atoms with E-state index in [0.29, 0.717) is 12.0 Å². The van der Waals surface area contributed by atoms with Crippen LogP contribution in [0.25, 0.3) is 0 Å². The van der Waals surface area contributed by atoms with Crippen LogP contribution in [0.3, 0.4) is 0 Å². The van der Waals surface area contributed by atoms with E-state index in [-0.39, 0.29) is 30.5 Å². The molecule has 0 heterocycles. The van der Waals surface area contributed by atoms with E-state index in [0.717, 1.165) is 24.5 Å². The number of carboxylic acids is 1. The Morgan fingerprint density at radius 3 is 2.35 bits per heavy atom. The van der Waals surface area contributed by atoms with Crippen LogP contribution in [0.4, 0.5) is 8.78 Å². The molecule has 0 aromatic heterocycles. The first-order valence-corrected chi connectivity index (χ1v) is 8.49. The topological polar surface area (TPSA) is 57.6 Å². The van der Waals surface area contributed by atoms with Gasteiger partial charge >= 0.3 is 5.97 Å². The number of hydrogen-bond donors (Lipinski definition) is 1. The van der Waals surface area contributed by atoms with Crippen LogP contribution in [-0.2, 0) is 17.8 Å². The van der Waals surface area contributed by atoms with Crippen molar-refractivity contribution in [2.24, 2.45) is 0 Å². The monoisotopic (exact) mass is 359 g/mol. The van der Waals surface area contributed by atoms with Gasteiger partial charge < -0.3 is 10.0 Å². The molecule has 2 aromatic carbocycles. The molecule has 1 aliphatic rings. The van der Waals surface area contributed by atoms with Gasteiger partial charge in [-0.05, 0) is 43.0 Å². The summed E-state index contributed by atoms with van der Waals surface area (Å²) in [5.41, 5.74) is 1.37. The number of carbonyl (C=O) groups excluding carboxylic acids is 1. The largest absolute Gasteiger partial charge is 0.478 e. The van der Waals surface area contributed by atoms with Gasteiger partial charge in [0.15, 0.2) is 0 Å². The summed E-state index contributed by atoms with van der Waals surface area (Å²) in [4.78, 5) is 25.1. The van der Waals surface area contributed by atoms with Crippen LogP contribution >= 0.6 is 0 Å². The van der Waals surface area contributed by atoms with Crippen molar-refractivity contribution in [2.75, 3.05) is 0 Å². The Labute approximate surface area is 150 Å². The summed E-state index contributed by atoms with van der Waals surface area (Å²) in [6.07, 6.45) is 2.52. The maximum Gasteiger partial charge on any atom is 0.335 e. The third-order valence-electron chi connectivity index (χ3n) is 4.49. The lowest BCUT2D eigenvalue weighted by Crippen LogP contribution is -2.33. The van der Waals surface area contributed by atoms with Crippen molar-refractivity contribution in [3.63, 3.8) is 0 Å². The summed E-state index contributed by atoms with van der Waals surface area (Å²) >= 11 is 0. The lowest BCUT2D eigenvalue weighted by molar-refractivity contribution is -0.132. The first-order valence-electron chi connectivity index (χ1n) is 8.49. The molecule has 0 atom stereocenters. The quantitative estimate of drug-likeness (QED) is 0.818. The maximum atomic E-state index is 13.9. The predicted octanol–water partition coefficient (Wildman–Crippen LogP) is 3.79. The smallest absolute Gasteiger partial charge is 0.335 e. The SMILES string of the molecule is O=C(O)c1ccc(CCC(=O)N(Cc2ccc(F)cc2F)C2CC2)cc1. The van der Waals surface area contributed by atoms with Crippen LogP contribution in [0, 0.1) is 11.6 Å². The first kappa shape index (κ1) is 18.0. The second kappa shape index (κ2) is 7.64. The predicted molar refractivity (Wildman–Crippen MR) is 91.7 cm³/mol. The van der Waals surface area contributed by atoms with Crippen molar-refractivity contribution in [2.45, 2.75) is 38.3 Å². The minimum atomic E-state index is -0.992. The highest BCUT2D eigenvalue weighted by Gasteiger charge is 2.32. The van der Waals surface area contributed by atoms with Gasteiger partial charge in [0.1, 0.15) is 11.6 Å². The van der Waals surface area contributed by atoms with Crippen molar-refractivity contribution < 1.29 is 23.5 Å².